The van der Waals surface area contributed by atoms with Gasteiger partial charge in [0.05, 0.1) is 29.5 Å². The van der Waals surface area contributed by atoms with Crippen molar-refractivity contribution in [3.8, 4) is 5.69 Å². The fourth-order valence-electron chi connectivity index (χ4n) is 3.26. The van der Waals surface area contributed by atoms with Crippen LogP contribution in [0.25, 0.3) is 18.3 Å². The number of benzene rings is 2. The summed E-state index contributed by atoms with van der Waals surface area (Å²) in [5.74, 6) is 0. The number of hydrogen-bond donors (Lipinski definition) is 1. The predicted molar refractivity (Wildman–Crippen MR) is 114 cm³/mol. The number of aromatic amines is 1. The van der Waals surface area contributed by atoms with Crippen molar-refractivity contribution in [3.63, 3.8) is 0 Å². The standard InChI is InChI=1S/C21H19Cl2N3O2/c1-14-20(21(27)26(24-14)19-12-16(22)11-17(23)13-19)10-15-2-4-18(5-3-15)25-6-8-28-9-7-25/h2-5,10-13,24H,1,6-9H2/b20-10-. The highest BCUT2D eigenvalue weighted by Gasteiger charge is 2.11. The Bertz CT molecular complexity index is 1140. The van der Waals surface area contributed by atoms with E-state index in [4.69, 9.17) is 27.9 Å². The molecule has 5 nitrogen and oxygen atoms in total. The molecule has 0 amide bonds. The first kappa shape index (κ1) is 18.9. The number of halogens is 2. The number of morpholine rings is 1. The second kappa shape index (κ2) is 7.87. The smallest absolute Gasteiger partial charge is 0.279 e. The zero-order valence-corrected chi connectivity index (χ0v) is 16.6. The van der Waals surface area contributed by atoms with Crippen LogP contribution in [0.1, 0.15) is 5.56 Å². The number of nitrogens with zero attached hydrogens (tertiary/aromatic N) is 2. The van der Waals surface area contributed by atoms with Crippen molar-refractivity contribution in [1.29, 1.82) is 0 Å². The van der Waals surface area contributed by atoms with Gasteiger partial charge in [-0.25, -0.2) is 4.68 Å². The summed E-state index contributed by atoms with van der Waals surface area (Å²) in [6, 6.07) is 13.1. The van der Waals surface area contributed by atoms with E-state index in [-0.39, 0.29) is 5.56 Å². The van der Waals surface area contributed by atoms with Crippen LogP contribution in [0.5, 0.6) is 0 Å². The molecule has 2 heterocycles. The molecule has 1 aromatic heterocycles. The number of aromatic nitrogens is 2. The summed E-state index contributed by atoms with van der Waals surface area (Å²) in [5, 5.41) is 4.93. The van der Waals surface area contributed by atoms with E-state index in [2.05, 4.69) is 28.7 Å². The number of hydrogen-bond acceptors (Lipinski definition) is 3. The van der Waals surface area contributed by atoms with Crippen LogP contribution in [0, 0.1) is 0 Å². The van der Waals surface area contributed by atoms with Crippen LogP contribution >= 0.6 is 23.2 Å². The molecule has 3 aromatic rings. The summed E-state index contributed by atoms with van der Waals surface area (Å²) in [7, 11) is 0. The van der Waals surface area contributed by atoms with Crippen molar-refractivity contribution in [2.75, 3.05) is 31.2 Å². The van der Waals surface area contributed by atoms with Gasteiger partial charge in [0.1, 0.15) is 0 Å². The fourth-order valence-corrected chi connectivity index (χ4v) is 3.78. The summed E-state index contributed by atoms with van der Waals surface area (Å²) in [6.45, 7) is 7.23. The predicted octanol–water partition coefficient (Wildman–Crippen LogP) is 2.55. The molecule has 1 fully saturated rings. The van der Waals surface area contributed by atoms with Crippen LogP contribution in [0.4, 0.5) is 5.69 Å². The molecule has 28 heavy (non-hydrogen) atoms. The third kappa shape index (κ3) is 3.87. The highest BCUT2D eigenvalue weighted by atomic mass is 35.5. The molecule has 1 saturated heterocycles. The average molecular weight is 416 g/mol. The quantitative estimate of drug-likeness (QED) is 0.714. The van der Waals surface area contributed by atoms with Gasteiger partial charge in [0.15, 0.2) is 0 Å². The van der Waals surface area contributed by atoms with Crippen LogP contribution in [0.3, 0.4) is 0 Å². The van der Waals surface area contributed by atoms with Gasteiger partial charge in [-0.1, -0.05) is 41.9 Å². The second-order valence-corrected chi connectivity index (χ2v) is 7.48. The Hall–Kier alpha value is -2.47. The van der Waals surface area contributed by atoms with E-state index in [1.807, 2.05) is 18.2 Å². The Morgan fingerprint density at radius 1 is 1.00 bits per heavy atom. The molecular weight excluding hydrogens is 397 g/mol. The largest absolute Gasteiger partial charge is 0.378 e. The normalized spacial score (nSPS) is 15.2. The molecular formula is C21H19Cl2N3O2. The number of rotatable bonds is 3. The first-order chi connectivity index (χ1) is 13.5. The lowest BCUT2D eigenvalue weighted by atomic mass is 10.1. The molecule has 1 aliphatic heterocycles. The van der Waals surface area contributed by atoms with Crippen LogP contribution in [0.15, 0.2) is 47.3 Å². The summed E-state index contributed by atoms with van der Waals surface area (Å²) in [6.07, 6.45) is 1.83. The minimum Gasteiger partial charge on any atom is -0.378 e. The third-order valence-electron chi connectivity index (χ3n) is 4.69. The van der Waals surface area contributed by atoms with Crippen molar-refractivity contribution >= 4 is 41.5 Å². The lowest BCUT2D eigenvalue weighted by molar-refractivity contribution is 0.122. The average Bonchev–Trinajstić information content (AvgIpc) is 2.97. The molecule has 4 rings (SSSR count). The van der Waals surface area contributed by atoms with Gasteiger partial charge < -0.3 is 9.64 Å². The van der Waals surface area contributed by atoms with Gasteiger partial charge in [0.2, 0.25) is 0 Å². The molecule has 0 atom stereocenters. The molecule has 0 saturated carbocycles. The van der Waals surface area contributed by atoms with Crippen molar-refractivity contribution < 1.29 is 4.74 Å². The van der Waals surface area contributed by atoms with Crippen molar-refractivity contribution in [2.45, 2.75) is 0 Å². The zero-order chi connectivity index (χ0) is 19.7. The molecule has 0 bridgehead atoms. The molecule has 144 valence electrons. The maximum Gasteiger partial charge on any atom is 0.279 e. The first-order valence-corrected chi connectivity index (χ1v) is 9.68. The van der Waals surface area contributed by atoms with Gasteiger partial charge in [-0.3, -0.25) is 9.89 Å². The monoisotopic (exact) mass is 415 g/mol. The topological polar surface area (TPSA) is 50.3 Å². The van der Waals surface area contributed by atoms with Gasteiger partial charge in [0.25, 0.3) is 5.56 Å². The third-order valence-corrected chi connectivity index (χ3v) is 5.13. The van der Waals surface area contributed by atoms with E-state index in [9.17, 15) is 4.79 Å². The van der Waals surface area contributed by atoms with E-state index >= 15 is 0 Å². The molecule has 0 spiro atoms. The Morgan fingerprint density at radius 3 is 2.29 bits per heavy atom. The number of anilines is 1. The molecule has 1 aliphatic rings. The number of nitrogens with one attached hydrogen (secondary N) is 1. The summed E-state index contributed by atoms with van der Waals surface area (Å²) in [4.78, 5) is 15.2. The van der Waals surface area contributed by atoms with Gasteiger partial charge in [-0.15, -0.1) is 0 Å². The molecule has 7 heteroatoms. The van der Waals surface area contributed by atoms with Crippen LogP contribution < -0.4 is 21.0 Å². The van der Waals surface area contributed by atoms with Crippen molar-refractivity contribution in [3.05, 3.63) is 79.0 Å². The number of ether oxygens (including phenoxy) is 1. The van der Waals surface area contributed by atoms with Crippen LogP contribution in [-0.4, -0.2) is 36.1 Å². The van der Waals surface area contributed by atoms with E-state index in [0.717, 1.165) is 37.6 Å². The summed E-state index contributed by atoms with van der Waals surface area (Å²) < 4.78 is 6.79. The molecule has 1 N–H and O–H groups in total. The van der Waals surface area contributed by atoms with Crippen LogP contribution in [0.2, 0.25) is 10.0 Å². The van der Waals surface area contributed by atoms with Crippen LogP contribution in [-0.2, 0) is 4.74 Å². The maximum atomic E-state index is 12.9. The van der Waals surface area contributed by atoms with Gasteiger partial charge >= 0.3 is 0 Å². The lowest BCUT2D eigenvalue weighted by Gasteiger charge is -2.28. The Morgan fingerprint density at radius 2 is 1.64 bits per heavy atom. The van der Waals surface area contributed by atoms with Gasteiger partial charge in [-0.2, -0.15) is 0 Å². The summed E-state index contributed by atoms with van der Waals surface area (Å²) in [5.41, 5.74) is 2.43. The van der Waals surface area contributed by atoms with Crippen molar-refractivity contribution in [2.24, 2.45) is 0 Å². The second-order valence-electron chi connectivity index (χ2n) is 6.61. The van der Waals surface area contributed by atoms with Gasteiger partial charge in [0, 0.05) is 28.8 Å². The molecule has 0 radical (unpaired) electrons. The number of H-pyrrole nitrogens is 1. The highest BCUT2D eigenvalue weighted by molar-refractivity contribution is 6.34. The summed E-state index contributed by atoms with van der Waals surface area (Å²) >= 11 is 12.1. The molecule has 2 aromatic carbocycles. The minimum absolute atomic E-state index is 0.208. The van der Waals surface area contributed by atoms with E-state index in [1.54, 1.807) is 18.2 Å². The SMILES string of the molecule is C=c1[nH]n(-c2cc(Cl)cc(Cl)c2)c(=O)/c1=C\c1ccc(N2CCOCC2)cc1. The highest BCUT2D eigenvalue weighted by Crippen LogP contribution is 2.20. The fraction of sp³-hybridized carbons (Fsp3) is 0.190. The van der Waals surface area contributed by atoms with E-state index < -0.39 is 0 Å². The van der Waals surface area contributed by atoms with E-state index in [1.165, 1.54) is 4.68 Å². The van der Waals surface area contributed by atoms with Gasteiger partial charge in [-0.05, 0) is 42.0 Å². The lowest BCUT2D eigenvalue weighted by Crippen LogP contribution is -2.36. The zero-order valence-electron chi connectivity index (χ0n) is 15.1. The Kier molecular flexibility index (Phi) is 5.31. The molecule has 0 unspecified atom stereocenters. The Labute approximate surface area is 172 Å². The minimum atomic E-state index is -0.208. The van der Waals surface area contributed by atoms with Crippen molar-refractivity contribution in [1.82, 2.24) is 9.78 Å². The Balaban J connectivity index is 1.69. The first-order valence-electron chi connectivity index (χ1n) is 8.92. The maximum absolute atomic E-state index is 12.9. The molecule has 0 aliphatic carbocycles. The van der Waals surface area contributed by atoms with E-state index in [0.29, 0.717) is 26.3 Å².